The van der Waals surface area contributed by atoms with E-state index in [0.717, 1.165) is 23.6 Å². The molecule has 1 fully saturated rings. The first-order valence-corrected chi connectivity index (χ1v) is 9.90. The van der Waals surface area contributed by atoms with Gasteiger partial charge >= 0.3 is 0 Å². The molecule has 130 valence electrons. The molecule has 0 bridgehead atoms. The second-order valence-electron chi connectivity index (χ2n) is 7.11. The summed E-state index contributed by atoms with van der Waals surface area (Å²) in [5, 5.41) is 3.71. The molecule has 0 radical (unpaired) electrons. The summed E-state index contributed by atoms with van der Waals surface area (Å²) in [7, 11) is 0. The Bertz CT molecular complexity index is 611. The number of hydrogen-bond acceptors (Lipinski definition) is 4. The van der Waals surface area contributed by atoms with Crippen LogP contribution in [-0.2, 0) is 16.0 Å². The number of amides is 1. The van der Waals surface area contributed by atoms with Crippen molar-refractivity contribution in [1.29, 1.82) is 0 Å². The van der Waals surface area contributed by atoms with Gasteiger partial charge in [0, 0.05) is 25.6 Å². The van der Waals surface area contributed by atoms with E-state index in [1.807, 2.05) is 12.1 Å². The van der Waals surface area contributed by atoms with Crippen molar-refractivity contribution in [3.63, 3.8) is 0 Å². The molecule has 0 saturated heterocycles. The summed E-state index contributed by atoms with van der Waals surface area (Å²) >= 11 is 1.44. The fourth-order valence-corrected chi connectivity index (χ4v) is 4.94. The average Bonchev–Trinajstić information content (AvgIpc) is 2.61. The molecule has 5 heteroatoms. The molecule has 0 aromatic carbocycles. The third kappa shape index (κ3) is 4.00. The number of nitrogens with one attached hydrogen (secondary N) is 1. The lowest BCUT2D eigenvalue weighted by Crippen LogP contribution is -2.40. The quantitative estimate of drug-likeness (QED) is 0.886. The minimum Gasteiger partial charge on any atom is -0.356 e. The highest BCUT2D eigenvalue weighted by atomic mass is 32.2. The molecule has 1 N–H and O–H groups in total. The van der Waals surface area contributed by atoms with Gasteiger partial charge in [-0.25, -0.2) is 4.98 Å². The minimum absolute atomic E-state index is 0.00127. The van der Waals surface area contributed by atoms with Crippen molar-refractivity contribution in [2.45, 2.75) is 68.6 Å². The van der Waals surface area contributed by atoms with Crippen LogP contribution in [-0.4, -0.2) is 28.5 Å². The number of carbonyl (C=O) groups excluding carboxylic acids is 2. The predicted octanol–water partition coefficient (Wildman–Crippen LogP) is 3.53. The lowest BCUT2D eigenvalue weighted by atomic mass is 9.72. The van der Waals surface area contributed by atoms with Crippen LogP contribution in [0.2, 0.25) is 0 Å². The fraction of sp³-hybridized carbons (Fsp3) is 0.632. The van der Waals surface area contributed by atoms with E-state index in [-0.39, 0.29) is 28.8 Å². The highest BCUT2D eigenvalue weighted by Gasteiger charge is 2.32. The summed E-state index contributed by atoms with van der Waals surface area (Å²) in [5.74, 6) is 0.136. The molecule has 2 aliphatic rings. The van der Waals surface area contributed by atoms with Gasteiger partial charge in [-0.3, -0.25) is 9.59 Å². The lowest BCUT2D eigenvalue weighted by molar-refractivity contribution is -0.125. The van der Waals surface area contributed by atoms with Crippen molar-refractivity contribution in [2.24, 2.45) is 5.41 Å². The maximum absolute atomic E-state index is 12.4. The highest BCUT2D eigenvalue weighted by molar-refractivity contribution is 8.00. The van der Waals surface area contributed by atoms with Crippen molar-refractivity contribution in [1.82, 2.24) is 10.3 Å². The van der Waals surface area contributed by atoms with E-state index in [0.29, 0.717) is 6.42 Å². The van der Waals surface area contributed by atoms with Crippen LogP contribution in [0.1, 0.15) is 57.4 Å². The number of carbonyl (C=O) groups is 2. The van der Waals surface area contributed by atoms with E-state index < -0.39 is 0 Å². The molecule has 3 rings (SSSR count). The normalized spacial score (nSPS) is 22.7. The maximum Gasteiger partial charge on any atom is 0.221 e. The molecule has 1 aromatic rings. The van der Waals surface area contributed by atoms with Crippen molar-refractivity contribution in [3.05, 3.63) is 23.9 Å². The first-order valence-electron chi connectivity index (χ1n) is 9.02. The largest absolute Gasteiger partial charge is 0.356 e. The Morgan fingerprint density at radius 2 is 2.17 bits per heavy atom. The Balaban J connectivity index is 1.54. The fourth-order valence-electron chi connectivity index (χ4n) is 3.81. The molecule has 1 aliphatic carbocycles. The summed E-state index contributed by atoms with van der Waals surface area (Å²) in [6.07, 6.45) is 9.78. The van der Waals surface area contributed by atoms with Gasteiger partial charge in [0.05, 0.1) is 5.25 Å². The van der Waals surface area contributed by atoms with Crippen molar-refractivity contribution in [2.75, 3.05) is 6.54 Å². The molecule has 1 aliphatic heterocycles. The summed E-state index contributed by atoms with van der Waals surface area (Å²) in [6.45, 7) is 2.98. The number of pyridine rings is 1. The zero-order valence-electron chi connectivity index (χ0n) is 14.3. The topological polar surface area (TPSA) is 59.1 Å². The van der Waals surface area contributed by atoms with Crippen molar-refractivity contribution in [3.8, 4) is 0 Å². The van der Waals surface area contributed by atoms with Crippen LogP contribution < -0.4 is 5.32 Å². The molecule has 2 heterocycles. The van der Waals surface area contributed by atoms with Gasteiger partial charge in [0.2, 0.25) is 5.91 Å². The molecule has 1 saturated carbocycles. The Morgan fingerprint density at radius 1 is 1.38 bits per heavy atom. The molecule has 1 atom stereocenters. The predicted molar refractivity (Wildman–Crippen MR) is 96.0 cm³/mol. The van der Waals surface area contributed by atoms with Gasteiger partial charge in [0.25, 0.3) is 0 Å². The molecule has 4 nitrogen and oxygen atoms in total. The van der Waals surface area contributed by atoms with Gasteiger partial charge in [0.1, 0.15) is 5.03 Å². The Morgan fingerprint density at radius 3 is 2.92 bits per heavy atom. The molecular formula is C19H26N2O2S. The summed E-state index contributed by atoms with van der Waals surface area (Å²) < 4.78 is 0. The third-order valence-corrected chi connectivity index (χ3v) is 6.83. The first-order chi connectivity index (χ1) is 11.6. The van der Waals surface area contributed by atoms with Crippen LogP contribution >= 0.6 is 11.8 Å². The minimum atomic E-state index is -0.295. The standard InChI is InChI=1S/C19H26N2O2S/c1-2-19(8-4-3-5-9-19)13-21-17(23)12-16-15(22)11-14-7-6-10-20-18(14)24-16/h6-7,10,16H,2-5,8-9,11-13H2,1H3,(H,21,23). The van der Waals surface area contributed by atoms with E-state index in [4.69, 9.17) is 0 Å². The van der Waals surface area contributed by atoms with E-state index in [9.17, 15) is 9.59 Å². The maximum atomic E-state index is 12.4. The molecule has 1 amide bonds. The third-order valence-electron chi connectivity index (χ3n) is 5.52. The number of Topliss-reactive ketones (excluding diaryl/α,β-unsaturated/α-hetero) is 1. The van der Waals surface area contributed by atoms with Gasteiger partial charge in [-0.2, -0.15) is 0 Å². The van der Waals surface area contributed by atoms with Crippen LogP contribution in [0.4, 0.5) is 0 Å². The number of ketones is 1. The van der Waals surface area contributed by atoms with Gasteiger partial charge < -0.3 is 5.32 Å². The summed E-state index contributed by atoms with van der Waals surface area (Å²) in [6, 6.07) is 3.80. The van der Waals surface area contributed by atoms with E-state index in [2.05, 4.69) is 17.2 Å². The van der Waals surface area contributed by atoms with Crippen LogP contribution in [0.15, 0.2) is 23.4 Å². The van der Waals surface area contributed by atoms with Crippen LogP contribution in [0.3, 0.4) is 0 Å². The number of hydrogen-bond donors (Lipinski definition) is 1. The van der Waals surface area contributed by atoms with E-state index in [1.54, 1.807) is 6.20 Å². The molecule has 24 heavy (non-hydrogen) atoms. The molecule has 1 aromatic heterocycles. The van der Waals surface area contributed by atoms with Gasteiger partial charge in [-0.15, -0.1) is 0 Å². The number of aromatic nitrogens is 1. The second-order valence-corrected chi connectivity index (χ2v) is 8.30. The van der Waals surface area contributed by atoms with Crippen molar-refractivity contribution < 1.29 is 9.59 Å². The summed E-state index contributed by atoms with van der Waals surface area (Å²) in [5.41, 5.74) is 1.25. The van der Waals surface area contributed by atoms with Gasteiger partial charge in [-0.05, 0) is 36.3 Å². The second kappa shape index (κ2) is 7.68. The van der Waals surface area contributed by atoms with Crippen LogP contribution in [0, 0.1) is 5.41 Å². The zero-order chi connectivity index (χ0) is 17.0. The summed E-state index contributed by atoms with van der Waals surface area (Å²) in [4.78, 5) is 29.0. The SMILES string of the molecule is CCC1(CNC(=O)CC2Sc3ncccc3CC2=O)CCCCC1. The number of rotatable bonds is 5. The highest BCUT2D eigenvalue weighted by Crippen LogP contribution is 2.38. The Hall–Kier alpha value is -1.36. The van der Waals surface area contributed by atoms with Crippen molar-refractivity contribution >= 4 is 23.5 Å². The number of fused-ring (bicyclic) bond motifs is 1. The molecular weight excluding hydrogens is 320 g/mol. The lowest BCUT2D eigenvalue weighted by Gasteiger charge is -2.36. The number of thioether (sulfide) groups is 1. The Kier molecular flexibility index (Phi) is 5.59. The zero-order valence-corrected chi connectivity index (χ0v) is 15.2. The van der Waals surface area contributed by atoms with E-state index in [1.165, 1.54) is 43.9 Å². The molecule has 0 spiro atoms. The number of nitrogens with zero attached hydrogens (tertiary/aromatic N) is 1. The monoisotopic (exact) mass is 346 g/mol. The Labute approximate surface area is 148 Å². The van der Waals surface area contributed by atoms with Crippen LogP contribution in [0.25, 0.3) is 0 Å². The van der Waals surface area contributed by atoms with Gasteiger partial charge in [-0.1, -0.05) is 44.0 Å². The first kappa shape index (κ1) is 17.5. The average molecular weight is 346 g/mol. The molecule has 1 unspecified atom stereocenters. The van der Waals surface area contributed by atoms with E-state index >= 15 is 0 Å². The van der Waals surface area contributed by atoms with Crippen LogP contribution in [0.5, 0.6) is 0 Å². The van der Waals surface area contributed by atoms with Gasteiger partial charge in [0.15, 0.2) is 5.78 Å². The smallest absolute Gasteiger partial charge is 0.221 e.